The fraction of sp³-hybridized carbons (Fsp3) is 0.100. The summed E-state index contributed by atoms with van der Waals surface area (Å²) in [5.41, 5.74) is 0.730. The predicted molar refractivity (Wildman–Crippen MR) is 59.2 cm³/mol. The van der Waals surface area contributed by atoms with Crippen molar-refractivity contribution in [1.82, 2.24) is 0 Å². The molecule has 0 amide bonds. The third-order valence-corrected chi connectivity index (χ3v) is 1.71. The van der Waals surface area contributed by atoms with Crippen molar-refractivity contribution in [2.24, 2.45) is 5.10 Å². The molecule has 1 rings (SSSR count). The molecule has 5 nitrogen and oxygen atoms in total. The van der Waals surface area contributed by atoms with Crippen molar-refractivity contribution in [3.63, 3.8) is 0 Å². The number of amidine groups is 1. The topological polar surface area (TPSA) is 58.7 Å². The second-order valence-corrected chi connectivity index (χ2v) is 2.77. The molecule has 0 atom stereocenters. The summed E-state index contributed by atoms with van der Waals surface area (Å²) in [6.07, 6.45) is 1.42. The zero-order valence-corrected chi connectivity index (χ0v) is 8.33. The fourth-order valence-electron chi connectivity index (χ4n) is 0.977. The lowest BCUT2D eigenvalue weighted by atomic mass is 10.3. The maximum Gasteiger partial charge on any atom is 0.361 e. The number of nitro groups is 1. The minimum absolute atomic E-state index is 0.182. The van der Waals surface area contributed by atoms with Gasteiger partial charge in [-0.2, -0.15) is 0 Å². The van der Waals surface area contributed by atoms with E-state index in [-0.39, 0.29) is 5.84 Å². The Bertz CT molecular complexity index is 387. The zero-order valence-electron chi connectivity index (χ0n) is 8.33. The summed E-state index contributed by atoms with van der Waals surface area (Å²) in [7, 11) is 0. The monoisotopic (exact) mass is 205 g/mol. The third kappa shape index (κ3) is 2.91. The van der Waals surface area contributed by atoms with E-state index in [0.29, 0.717) is 0 Å². The first-order valence-corrected chi connectivity index (χ1v) is 4.31. The Hall–Kier alpha value is -2.17. The highest BCUT2D eigenvalue weighted by molar-refractivity contribution is 5.72. The summed E-state index contributed by atoms with van der Waals surface area (Å²) in [5.74, 6) is -0.182. The van der Waals surface area contributed by atoms with E-state index in [4.69, 9.17) is 0 Å². The van der Waals surface area contributed by atoms with Gasteiger partial charge in [0.05, 0.1) is 10.8 Å². The quantitative estimate of drug-likeness (QED) is 0.329. The molecule has 5 heteroatoms. The third-order valence-electron chi connectivity index (χ3n) is 1.71. The summed E-state index contributed by atoms with van der Waals surface area (Å²) in [6, 6.07) is 9.08. The first-order valence-electron chi connectivity index (χ1n) is 4.31. The van der Waals surface area contributed by atoms with E-state index in [1.165, 1.54) is 18.1 Å². The van der Waals surface area contributed by atoms with Crippen molar-refractivity contribution >= 4 is 11.5 Å². The molecule has 0 N–H and O–H groups in total. The molecule has 0 aliphatic heterocycles. The van der Waals surface area contributed by atoms with Gasteiger partial charge in [-0.1, -0.05) is 24.8 Å². The molecule has 0 unspecified atom stereocenters. The SMILES string of the molecule is C=CN(/N=C(\C)[N+](=O)[O-])c1ccccc1. The van der Waals surface area contributed by atoms with Crippen LogP contribution in [0, 0.1) is 10.1 Å². The van der Waals surface area contributed by atoms with Crippen LogP contribution in [0.5, 0.6) is 0 Å². The number of hydrogen-bond acceptors (Lipinski definition) is 4. The highest BCUT2D eigenvalue weighted by atomic mass is 16.6. The molecule has 0 saturated heterocycles. The minimum Gasteiger partial charge on any atom is -0.358 e. The van der Waals surface area contributed by atoms with Crippen molar-refractivity contribution in [3.05, 3.63) is 53.2 Å². The van der Waals surface area contributed by atoms with Crippen LogP contribution >= 0.6 is 0 Å². The van der Waals surface area contributed by atoms with E-state index in [1.54, 1.807) is 12.1 Å². The van der Waals surface area contributed by atoms with Crippen molar-refractivity contribution < 1.29 is 4.92 Å². The van der Waals surface area contributed by atoms with Gasteiger partial charge in [-0.15, -0.1) is 5.01 Å². The molecule has 0 aliphatic carbocycles. The molecule has 0 aromatic heterocycles. The fourth-order valence-corrected chi connectivity index (χ4v) is 0.977. The second-order valence-electron chi connectivity index (χ2n) is 2.77. The summed E-state index contributed by atoms with van der Waals surface area (Å²) in [6.45, 7) is 4.88. The second kappa shape index (κ2) is 4.90. The van der Waals surface area contributed by atoms with Crippen LogP contribution in [0.25, 0.3) is 0 Å². The van der Waals surface area contributed by atoms with Crippen LogP contribution in [0.15, 0.2) is 48.2 Å². The Kier molecular flexibility index (Phi) is 3.56. The van der Waals surface area contributed by atoms with Gasteiger partial charge in [0.1, 0.15) is 0 Å². The Labute approximate surface area is 87.5 Å². The number of hydrazone groups is 1. The average molecular weight is 205 g/mol. The van der Waals surface area contributed by atoms with Crippen LogP contribution in [0.1, 0.15) is 6.92 Å². The van der Waals surface area contributed by atoms with E-state index in [9.17, 15) is 10.1 Å². The lowest BCUT2D eigenvalue weighted by Gasteiger charge is -2.06. The molecule has 0 radical (unpaired) electrons. The number of para-hydroxylation sites is 1. The number of hydrogen-bond donors (Lipinski definition) is 0. The average Bonchev–Trinajstić information content (AvgIpc) is 2.26. The maximum absolute atomic E-state index is 10.4. The lowest BCUT2D eigenvalue weighted by molar-refractivity contribution is -0.351. The van der Waals surface area contributed by atoms with Gasteiger partial charge in [-0.25, -0.2) is 0 Å². The molecule has 0 saturated carbocycles. The summed E-state index contributed by atoms with van der Waals surface area (Å²) < 4.78 is 0. The zero-order chi connectivity index (χ0) is 11.3. The lowest BCUT2D eigenvalue weighted by Crippen LogP contribution is -2.15. The number of nitrogens with zero attached hydrogens (tertiary/aromatic N) is 3. The molecule has 1 aromatic rings. The molecule has 1 aromatic carbocycles. The minimum atomic E-state index is -0.542. The molecule has 15 heavy (non-hydrogen) atoms. The van der Waals surface area contributed by atoms with E-state index in [2.05, 4.69) is 11.7 Å². The summed E-state index contributed by atoms with van der Waals surface area (Å²) >= 11 is 0. The van der Waals surface area contributed by atoms with Crippen LogP contribution in [-0.2, 0) is 0 Å². The van der Waals surface area contributed by atoms with E-state index < -0.39 is 4.92 Å². The van der Waals surface area contributed by atoms with E-state index in [0.717, 1.165) is 5.69 Å². The van der Waals surface area contributed by atoms with Gasteiger partial charge >= 0.3 is 5.84 Å². The molecule has 0 aliphatic rings. The van der Waals surface area contributed by atoms with Crippen molar-refractivity contribution in [1.29, 1.82) is 0 Å². The van der Waals surface area contributed by atoms with E-state index >= 15 is 0 Å². The Morgan fingerprint density at radius 2 is 2.13 bits per heavy atom. The summed E-state index contributed by atoms with van der Waals surface area (Å²) in [4.78, 5) is 9.85. The Balaban J connectivity index is 2.96. The smallest absolute Gasteiger partial charge is 0.358 e. The van der Waals surface area contributed by atoms with Gasteiger partial charge in [-0.05, 0) is 17.1 Å². The molecule has 0 bridgehead atoms. The standard InChI is InChI=1S/C10H11N3O2/c1-3-12(11-9(2)13(14)15)10-7-5-4-6-8-10/h3-8H,1H2,2H3/b11-9+. The van der Waals surface area contributed by atoms with Crippen molar-refractivity contribution in [3.8, 4) is 0 Å². The first-order chi connectivity index (χ1) is 7.15. The van der Waals surface area contributed by atoms with E-state index in [1.807, 2.05) is 18.2 Å². The number of benzene rings is 1. The van der Waals surface area contributed by atoms with Gasteiger partial charge in [0, 0.05) is 13.1 Å². The largest absolute Gasteiger partial charge is 0.361 e. The van der Waals surface area contributed by atoms with Crippen molar-refractivity contribution in [2.45, 2.75) is 6.92 Å². The highest BCUT2D eigenvalue weighted by Gasteiger charge is 2.10. The number of rotatable bonds is 3. The molecule has 0 fully saturated rings. The normalized spacial score (nSPS) is 10.9. The van der Waals surface area contributed by atoms with Crippen LogP contribution in [0.2, 0.25) is 0 Å². The highest BCUT2D eigenvalue weighted by Crippen LogP contribution is 2.13. The van der Waals surface area contributed by atoms with Gasteiger partial charge < -0.3 is 10.1 Å². The van der Waals surface area contributed by atoms with Crippen LogP contribution in [0.3, 0.4) is 0 Å². The van der Waals surface area contributed by atoms with Crippen LogP contribution < -0.4 is 5.01 Å². The van der Waals surface area contributed by atoms with Gasteiger partial charge in [0.15, 0.2) is 0 Å². The molecule has 78 valence electrons. The molecular formula is C10H11N3O2. The number of anilines is 1. The maximum atomic E-state index is 10.4. The molecule has 0 heterocycles. The molecular weight excluding hydrogens is 194 g/mol. The molecule has 0 spiro atoms. The Morgan fingerprint density at radius 1 is 1.53 bits per heavy atom. The van der Waals surface area contributed by atoms with Crippen LogP contribution in [-0.4, -0.2) is 10.8 Å². The van der Waals surface area contributed by atoms with Gasteiger partial charge in [0.25, 0.3) is 0 Å². The van der Waals surface area contributed by atoms with Crippen molar-refractivity contribution in [2.75, 3.05) is 5.01 Å². The van der Waals surface area contributed by atoms with Gasteiger partial charge in [-0.3, -0.25) is 0 Å². The van der Waals surface area contributed by atoms with Gasteiger partial charge in [0.2, 0.25) is 0 Å². The first kappa shape index (κ1) is 10.9. The summed E-state index contributed by atoms with van der Waals surface area (Å²) in [5, 5.41) is 15.6. The Morgan fingerprint density at radius 3 is 2.60 bits per heavy atom. The predicted octanol–water partition coefficient (Wildman–Crippen LogP) is 2.25. The van der Waals surface area contributed by atoms with Crippen LogP contribution in [0.4, 0.5) is 5.69 Å².